The number of rotatable bonds is 3. The molecule has 0 saturated carbocycles. The quantitative estimate of drug-likeness (QED) is 0.876. The summed E-state index contributed by atoms with van der Waals surface area (Å²) in [5, 5.41) is 4.19. The Labute approximate surface area is 126 Å². The van der Waals surface area contributed by atoms with Crippen LogP contribution < -0.4 is 14.8 Å². The van der Waals surface area contributed by atoms with Gasteiger partial charge < -0.3 is 14.8 Å². The predicted octanol–water partition coefficient (Wildman–Crippen LogP) is 3.77. The topological polar surface area (TPSA) is 43.4 Å². The summed E-state index contributed by atoms with van der Waals surface area (Å²) in [6, 6.07) is 9.19. The number of ether oxygens (including phenoxy) is 2. The van der Waals surface area contributed by atoms with E-state index in [-0.39, 0.29) is 0 Å². The lowest BCUT2D eigenvalue weighted by atomic mass is 10.2. The molecule has 0 radical (unpaired) electrons. The number of hydrogen-bond donors (Lipinski definition) is 1. The van der Waals surface area contributed by atoms with Gasteiger partial charge in [0.2, 0.25) is 0 Å². The van der Waals surface area contributed by atoms with Crippen molar-refractivity contribution in [3.05, 3.63) is 46.1 Å². The lowest BCUT2D eigenvalue weighted by Crippen LogP contribution is -2.16. The van der Waals surface area contributed by atoms with Gasteiger partial charge in [0.05, 0.1) is 5.02 Å². The fourth-order valence-electron chi connectivity index (χ4n) is 1.97. The number of aromatic nitrogens is 1. The van der Waals surface area contributed by atoms with Crippen molar-refractivity contribution >= 4 is 29.0 Å². The largest absolute Gasteiger partial charge is 0.486 e. The summed E-state index contributed by atoms with van der Waals surface area (Å²) in [5.74, 6) is 2.01. The highest BCUT2D eigenvalue weighted by Gasteiger charge is 2.16. The van der Waals surface area contributed by atoms with Crippen LogP contribution in [0.4, 0.5) is 5.82 Å². The van der Waals surface area contributed by atoms with E-state index in [0.717, 1.165) is 5.56 Å². The van der Waals surface area contributed by atoms with Crippen LogP contribution >= 0.6 is 23.2 Å². The number of hydrogen-bond acceptors (Lipinski definition) is 4. The molecule has 1 aliphatic rings. The van der Waals surface area contributed by atoms with Crippen LogP contribution in [0.15, 0.2) is 30.3 Å². The standard InChI is InChI=1S/C14H12Cl2N2O2/c15-10-6-9(7-11-14(10)20-5-4-19-11)8-17-13-3-1-2-12(16)18-13/h1-3,6-7H,4-5,8H2,(H,17,18). The van der Waals surface area contributed by atoms with Gasteiger partial charge in [-0.05, 0) is 29.8 Å². The number of nitrogens with one attached hydrogen (secondary N) is 1. The van der Waals surface area contributed by atoms with E-state index >= 15 is 0 Å². The molecule has 0 spiro atoms. The van der Waals surface area contributed by atoms with Gasteiger partial charge in [0, 0.05) is 6.54 Å². The maximum atomic E-state index is 6.18. The zero-order valence-electron chi connectivity index (χ0n) is 10.5. The SMILES string of the molecule is Clc1cccc(NCc2cc(Cl)c3c(c2)OCCO3)n1. The van der Waals surface area contributed by atoms with E-state index in [9.17, 15) is 0 Å². The van der Waals surface area contributed by atoms with E-state index in [1.54, 1.807) is 6.07 Å². The number of halogens is 2. The molecule has 6 heteroatoms. The summed E-state index contributed by atoms with van der Waals surface area (Å²) in [5.41, 5.74) is 0.987. The Balaban J connectivity index is 1.76. The molecule has 104 valence electrons. The van der Waals surface area contributed by atoms with Crippen LogP contribution in [0.5, 0.6) is 11.5 Å². The van der Waals surface area contributed by atoms with Gasteiger partial charge in [0.15, 0.2) is 11.5 Å². The first kappa shape index (κ1) is 13.3. The molecular weight excluding hydrogens is 299 g/mol. The molecule has 2 aromatic rings. The molecular formula is C14H12Cl2N2O2. The van der Waals surface area contributed by atoms with Crippen LogP contribution in [0.3, 0.4) is 0 Å². The monoisotopic (exact) mass is 310 g/mol. The van der Waals surface area contributed by atoms with Crippen LogP contribution in [0.2, 0.25) is 10.2 Å². The molecule has 0 unspecified atom stereocenters. The third-order valence-corrected chi connectivity index (χ3v) is 3.34. The lowest BCUT2D eigenvalue weighted by Gasteiger charge is -2.20. The second-order valence-corrected chi connectivity index (χ2v) is 5.10. The van der Waals surface area contributed by atoms with Gasteiger partial charge in [-0.25, -0.2) is 4.98 Å². The number of benzene rings is 1. The second kappa shape index (κ2) is 5.77. The zero-order valence-corrected chi connectivity index (χ0v) is 12.0. The number of anilines is 1. The van der Waals surface area contributed by atoms with Crippen molar-refractivity contribution in [1.82, 2.24) is 4.98 Å². The average molecular weight is 311 g/mol. The van der Waals surface area contributed by atoms with Crippen molar-refractivity contribution in [2.45, 2.75) is 6.54 Å². The summed E-state index contributed by atoms with van der Waals surface area (Å²) in [6.07, 6.45) is 0. The van der Waals surface area contributed by atoms with Crippen LogP contribution in [-0.2, 0) is 6.54 Å². The van der Waals surface area contributed by atoms with Crippen LogP contribution in [0.1, 0.15) is 5.56 Å². The normalized spacial score (nSPS) is 13.1. The number of pyridine rings is 1. The van der Waals surface area contributed by atoms with Gasteiger partial charge in [-0.15, -0.1) is 0 Å². The Morgan fingerprint density at radius 3 is 2.85 bits per heavy atom. The van der Waals surface area contributed by atoms with Crippen molar-refractivity contribution in [3.63, 3.8) is 0 Å². The minimum Gasteiger partial charge on any atom is -0.486 e. The predicted molar refractivity (Wildman–Crippen MR) is 79.0 cm³/mol. The minimum absolute atomic E-state index is 0.454. The van der Waals surface area contributed by atoms with Gasteiger partial charge in [-0.1, -0.05) is 29.3 Å². The number of nitrogens with zero attached hydrogens (tertiary/aromatic N) is 1. The van der Waals surface area contributed by atoms with Crippen molar-refractivity contribution in [3.8, 4) is 11.5 Å². The fraction of sp³-hybridized carbons (Fsp3) is 0.214. The van der Waals surface area contributed by atoms with Gasteiger partial charge >= 0.3 is 0 Å². The van der Waals surface area contributed by atoms with E-state index in [1.807, 2.05) is 24.3 Å². The van der Waals surface area contributed by atoms with Crippen LogP contribution in [0, 0.1) is 0 Å². The van der Waals surface area contributed by atoms with Crippen molar-refractivity contribution in [2.24, 2.45) is 0 Å². The average Bonchev–Trinajstić information content (AvgIpc) is 2.45. The first-order valence-electron chi connectivity index (χ1n) is 6.17. The molecule has 0 bridgehead atoms. The Hall–Kier alpha value is -1.65. The Bertz CT molecular complexity index is 635. The molecule has 0 aliphatic carbocycles. The highest BCUT2D eigenvalue weighted by molar-refractivity contribution is 6.32. The first-order chi connectivity index (χ1) is 9.72. The van der Waals surface area contributed by atoms with Gasteiger partial charge in [0.1, 0.15) is 24.2 Å². The van der Waals surface area contributed by atoms with E-state index in [2.05, 4.69) is 10.3 Å². The van der Waals surface area contributed by atoms with Crippen LogP contribution in [-0.4, -0.2) is 18.2 Å². The summed E-state index contributed by atoms with van der Waals surface area (Å²) >= 11 is 12.0. The molecule has 0 saturated heterocycles. The fourth-order valence-corrected chi connectivity index (χ4v) is 2.42. The van der Waals surface area contributed by atoms with E-state index in [4.69, 9.17) is 32.7 Å². The van der Waals surface area contributed by atoms with Gasteiger partial charge in [-0.2, -0.15) is 0 Å². The molecule has 0 fully saturated rings. The van der Waals surface area contributed by atoms with Gasteiger partial charge in [-0.3, -0.25) is 0 Å². The molecule has 20 heavy (non-hydrogen) atoms. The van der Waals surface area contributed by atoms with Crippen molar-refractivity contribution in [2.75, 3.05) is 18.5 Å². The lowest BCUT2D eigenvalue weighted by molar-refractivity contribution is 0.171. The minimum atomic E-state index is 0.454. The first-order valence-corrected chi connectivity index (χ1v) is 6.92. The van der Waals surface area contributed by atoms with Crippen molar-refractivity contribution < 1.29 is 9.47 Å². The number of fused-ring (bicyclic) bond motifs is 1. The maximum Gasteiger partial charge on any atom is 0.179 e. The summed E-state index contributed by atoms with van der Waals surface area (Å²) in [7, 11) is 0. The molecule has 3 rings (SSSR count). The molecule has 4 nitrogen and oxygen atoms in total. The second-order valence-electron chi connectivity index (χ2n) is 4.30. The molecule has 0 atom stereocenters. The molecule has 1 N–H and O–H groups in total. The Kier molecular flexibility index (Phi) is 3.85. The highest BCUT2D eigenvalue weighted by atomic mass is 35.5. The van der Waals surface area contributed by atoms with E-state index in [0.29, 0.717) is 47.3 Å². The summed E-state index contributed by atoms with van der Waals surface area (Å²) in [6.45, 7) is 1.64. The van der Waals surface area contributed by atoms with Crippen LogP contribution in [0.25, 0.3) is 0 Å². The Morgan fingerprint density at radius 2 is 2.00 bits per heavy atom. The summed E-state index contributed by atoms with van der Waals surface area (Å²) in [4.78, 5) is 4.16. The molecule has 2 heterocycles. The highest BCUT2D eigenvalue weighted by Crippen LogP contribution is 2.38. The molecule has 1 aromatic heterocycles. The van der Waals surface area contributed by atoms with Crippen molar-refractivity contribution in [1.29, 1.82) is 0 Å². The Morgan fingerprint density at radius 1 is 1.15 bits per heavy atom. The van der Waals surface area contributed by atoms with Gasteiger partial charge in [0.25, 0.3) is 0 Å². The van der Waals surface area contributed by atoms with E-state index in [1.165, 1.54) is 0 Å². The zero-order chi connectivity index (χ0) is 13.9. The summed E-state index contributed by atoms with van der Waals surface area (Å²) < 4.78 is 11.0. The smallest absolute Gasteiger partial charge is 0.179 e. The van der Waals surface area contributed by atoms with E-state index < -0.39 is 0 Å². The molecule has 1 aromatic carbocycles. The molecule has 0 amide bonds. The molecule has 1 aliphatic heterocycles. The maximum absolute atomic E-state index is 6.18. The third-order valence-electron chi connectivity index (χ3n) is 2.85. The third kappa shape index (κ3) is 2.92.